The van der Waals surface area contributed by atoms with Crippen molar-refractivity contribution in [2.24, 2.45) is 5.92 Å². The topological polar surface area (TPSA) is 128 Å². The highest BCUT2D eigenvalue weighted by Crippen LogP contribution is 2.45. The van der Waals surface area contributed by atoms with Gasteiger partial charge in [-0.05, 0) is 31.4 Å². The van der Waals surface area contributed by atoms with E-state index < -0.39 is 42.4 Å². The molecule has 184 valence electrons. The molecule has 2 bridgehead atoms. The van der Waals surface area contributed by atoms with Gasteiger partial charge in [-0.1, -0.05) is 56.4 Å². The van der Waals surface area contributed by atoms with E-state index in [9.17, 15) is 19.2 Å². The maximum absolute atomic E-state index is 13.7. The lowest BCUT2D eigenvalue weighted by molar-refractivity contribution is -0.151. The second-order valence-corrected chi connectivity index (χ2v) is 9.54. The van der Waals surface area contributed by atoms with E-state index in [1.165, 1.54) is 23.4 Å². The average molecular weight is 479 g/mol. The summed E-state index contributed by atoms with van der Waals surface area (Å²) >= 11 is 0. The lowest BCUT2D eigenvalue weighted by Gasteiger charge is -2.43. The zero-order valence-corrected chi connectivity index (χ0v) is 19.9. The molecule has 1 aromatic heterocycles. The lowest BCUT2D eigenvalue weighted by Crippen LogP contribution is -2.54. The predicted molar refractivity (Wildman–Crippen MR) is 126 cm³/mol. The molecule has 1 aromatic carbocycles. The maximum Gasteiger partial charge on any atom is 0.435 e. The Hall–Kier alpha value is -3.60. The summed E-state index contributed by atoms with van der Waals surface area (Å²) in [5, 5.41) is 2.79. The van der Waals surface area contributed by atoms with Gasteiger partial charge in [0.05, 0.1) is 12.2 Å². The van der Waals surface area contributed by atoms with Crippen LogP contribution in [0.1, 0.15) is 42.7 Å². The number of rotatable bonds is 10. The van der Waals surface area contributed by atoms with Gasteiger partial charge in [-0.3, -0.25) is 24.2 Å². The fourth-order valence-corrected chi connectivity index (χ4v) is 4.97. The van der Waals surface area contributed by atoms with Gasteiger partial charge in [0, 0.05) is 12.4 Å². The monoisotopic (exact) mass is 479 g/mol. The van der Waals surface area contributed by atoms with Crippen LogP contribution in [0, 0.1) is 5.92 Å². The van der Waals surface area contributed by atoms with Crippen LogP contribution < -0.4 is 5.32 Å². The van der Waals surface area contributed by atoms with Gasteiger partial charge >= 0.3 is 6.69 Å². The standard InChI is InChI=1S/C24H28BN4O6/c1-15(2)11-17(25-29(3)21(23(32)34-25)24(33)35-25)13-20(30)18(12-16-7-5-4-6-8-16)28-22(31)19-14-26-9-10-27-19/h4-10,14-15,17-18,21H,11-13H2,1-3H3,(H,28,31)/q-1/t17-,18+,21?,25?/m1/s1. The molecule has 1 amide bonds. The number of benzene rings is 1. The summed E-state index contributed by atoms with van der Waals surface area (Å²) in [7, 11) is 1.61. The Bertz CT molecular complexity index is 1100. The molecule has 35 heavy (non-hydrogen) atoms. The summed E-state index contributed by atoms with van der Waals surface area (Å²) in [6.07, 6.45) is 4.88. The van der Waals surface area contributed by atoms with Gasteiger partial charge < -0.3 is 19.4 Å². The number of carbonyl (C=O) groups excluding carboxylic acids is 4. The molecular formula is C24H28BN4O6-. The molecule has 2 fully saturated rings. The van der Waals surface area contributed by atoms with Gasteiger partial charge in [-0.25, -0.2) is 4.98 Å². The molecule has 2 aliphatic rings. The number of aromatic nitrogens is 2. The lowest BCUT2D eigenvalue weighted by atomic mass is 9.53. The largest absolute Gasteiger partial charge is 0.642 e. The molecule has 4 rings (SSSR count). The van der Waals surface area contributed by atoms with Gasteiger partial charge in [0.25, 0.3) is 17.8 Å². The molecule has 2 atom stereocenters. The van der Waals surface area contributed by atoms with E-state index in [2.05, 4.69) is 15.3 Å². The summed E-state index contributed by atoms with van der Waals surface area (Å²) in [6.45, 7) is 1.49. The maximum atomic E-state index is 13.7. The van der Waals surface area contributed by atoms with Crippen molar-refractivity contribution in [3.63, 3.8) is 0 Å². The third kappa shape index (κ3) is 4.95. The number of nitrogens with zero attached hydrogens (tertiary/aromatic N) is 3. The van der Waals surface area contributed by atoms with Crippen molar-refractivity contribution in [3.8, 4) is 0 Å². The Morgan fingerprint density at radius 3 is 2.37 bits per heavy atom. The number of likely N-dealkylation sites (N-methyl/N-ethyl adjacent to an activating group) is 1. The van der Waals surface area contributed by atoms with Crippen molar-refractivity contribution >= 4 is 30.3 Å². The normalized spacial score (nSPS) is 23.0. The van der Waals surface area contributed by atoms with E-state index in [0.717, 1.165) is 5.56 Å². The second-order valence-electron chi connectivity index (χ2n) is 9.54. The van der Waals surface area contributed by atoms with Crippen molar-refractivity contribution in [2.75, 3.05) is 7.05 Å². The quantitative estimate of drug-likeness (QED) is 0.399. The molecular weight excluding hydrogens is 451 g/mol. The molecule has 0 unspecified atom stereocenters. The Balaban J connectivity index is 1.59. The van der Waals surface area contributed by atoms with Crippen molar-refractivity contribution in [1.29, 1.82) is 0 Å². The Labute approximate surface area is 203 Å². The van der Waals surface area contributed by atoms with Crippen molar-refractivity contribution in [3.05, 3.63) is 60.2 Å². The smallest absolute Gasteiger partial charge is 0.435 e. The van der Waals surface area contributed by atoms with E-state index in [1.54, 1.807) is 7.05 Å². The SMILES string of the molecule is CC(C)C[C@H](CC(=O)[C@H](Cc1ccccc1)NC(=O)c1cnccn1)[B-]12OC(=O)C(C(=O)O1)N2C. The number of hydrogen-bond donors (Lipinski definition) is 1. The molecule has 1 N–H and O–H groups in total. The number of nitrogens with one attached hydrogen (secondary N) is 1. The number of Topliss-reactive ketones (excluding diaryl/α,β-unsaturated/α-hetero) is 1. The van der Waals surface area contributed by atoms with Crippen molar-refractivity contribution in [1.82, 2.24) is 20.1 Å². The first-order valence-corrected chi connectivity index (χ1v) is 11.7. The van der Waals surface area contributed by atoms with E-state index >= 15 is 0 Å². The minimum atomic E-state index is -2.46. The summed E-state index contributed by atoms with van der Waals surface area (Å²) in [5.74, 6) is -2.50. The summed E-state index contributed by atoms with van der Waals surface area (Å²) in [4.78, 5) is 60.6. The van der Waals surface area contributed by atoms with E-state index in [4.69, 9.17) is 9.31 Å². The third-order valence-electron chi connectivity index (χ3n) is 6.60. The van der Waals surface area contributed by atoms with Gasteiger partial charge in [0.1, 0.15) is 5.69 Å². The first-order chi connectivity index (χ1) is 16.7. The van der Waals surface area contributed by atoms with Crippen molar-refractivity contribution < 1.29 is 28.5 Å². The van der Waals surface area contributed by atoms with Crippen LogP contribution >= 0.6 is 0 Å². The summed E-state index contributed by atoms with van der Waals surface area (Å²) in [5.41, 5.74) is 0.961. The van der Waals surface area contributed by atoms with Crippen LogP contribution in [-0.2, 0) is 30.1 Å². The van der Waals surface area contributed by atoms with E-state index in [0.29, 0.717) is 6.42 Å². The number of hydrogen-bond acceptors (Lipinski definition) is 9. The predicted octanol–water partition coefficient (Wildman–Crippen LogP) is 1.55. The Morgan fingerprint density at radius 2 is 1.80 bits per heavy atom. The van der Waals surface area contributed by atoms with Crippen LogP contribution in [0.15, 0.2) is 48.9 Å². The minimum Gasteiger partial charge on any atom is -0.642 e. The first kappa shape index (κ1) is 24.5. The molecule has 3 heterocycles. The molecule has 2 saturated heterocycles. The summed E-state index contributed by atoms with van der Waals surface area (Å²) < 4.78 is 11.2. The van der Waals surface area contributed by atoms with Crippen LogP contribution in [0.2, 0.25) is 5.82 Å². The summed E-state index contributed by atoms with van der Waals surface area (Å²) in [6, 6.07) is 7.36. The van der Waals surface area contributed by atoms with Gasteiger partial charge in [0.15, 0.2) is 11.8 Å². The van der Waals surface area contributed by atoms with Gasteiger partial charge in [0.2, 0.25) is 0 Å². The molecule has 0 aliphatic carbocycles. The van der Waals surface area contributed by atoms with E-state index in [-0.39, 0.29) is 30.2 Å². The highest BCUT2D eigenvalue weighted by Gasteiger charge is 2.63. The molecule has 11 heteroatoms. The molecule has 2 aliphatic heterocycles. The van der Waals surface area contributed by atoms with Crippen LogP contribution in [0.25, 0.3) is 0 Å². The Morgan fingerprint density at radius 1 is 1.11 bits per heavy atom. The van der Waals surface area contributed by atoms with Gasteiger partial charge in [-0.15, -0.1) is 0 Å². The molecule has 0 spiro atoms. The van der Waals surface area contributed by atoms with Crippen molar-refractivity contribution in [2.45, 2.75) is 51.0 Å². The zero-order valence-electron chi connectivity index (χ0n) is 19.9. The highest BCUT2D eigenvalue weighted by molar-refractivity contribution is 6.74. The Kier molecular flexibility index (Phi) is 6.97. The second kappa shape index (κ2) is 9.95. The minimum absolute atomic E-state index is 0.0476. The zero-order chi connectivity index (χ0) is 25.2. The average Bonchev–Trinajstić information content (AvgIpc) is 3.23. The van der Waals surface area contributed by atoms with Crippen LogP contribution in [0.3, 0.4) is 0 Å². The van der Waals surface area contributed by atoms with E-state index in [1.807, 2.05) is 44.2 Å². The fourth-order valence-electron chi connectivity index (χ4n) is 4.97. The molecule has 10 nitrogen and oxygen atoms in total. The van der Waals surface area contributed by atoms with Gasteiger partial charge in [-0.2, -0.15) is 0 Å². The highest BCUT2D eigenvalue weighted by atomic mass is 16.7. The number of ketones is 1. The third-order valence-corrected chi connectivity index (χ3v) is 6.60. The van der Waals surface area contributed by atoms with Crippen LogP contribution in [-0.4, -0.2) is 64.2 Å². The number of carbonyl (C=O) groups is 4. The number of amides is 1. The van der Waals surface area contributed by atoms with Crippen LogP contribution in [0.5, 0.6) is 0 Å². The fraction of sp³-hybridized carbons (Fsp3) is 0.417. The molecule has 0 saturated carbocycles. The number of fused-ring (bicyclic) bond motifs is 2. The molecule has 0 radical (unpaired) electrons. The van der Waals surface area contributed by atoms with Crippen LogP contribution in [0.4, 0.5) is 0 Å². The molecule has 2 aromatic rings. The first-order valence-electron chi connectivity index (χ1n) is 11.7.